The van der Waals surface area contributed by atoms with Gasteiger partial charge in [-0.25, -0.2) is 4.98 Å². The molecular weight excluding hydrogens is 204 g/mol. The molecule has 0 fully saturated rings. The summed E-state index contributed by atoms with van der Waals surface area (Å²) in [4.78, 5) is 3.79. The lowest BCUT2D eigenvalue weighted by atomic mass is 10.4. The van der Waals surface area contributed by atoms with Crippen molar-refractivity contribution in [3.8, 4) is 5.88 Å². The molecule has 82 valence electrons. The number of rotatable bonds is 3. The molecule has 0 aliphatic heterocycles. The van der Waals surface area contributed by atoms with Gasteiger partial charge in [0.15, 0.2) is 0 Å². The summed E-state index contributed by atoms with van der Waals surface area (Å²) in [6.07, 6.45) is 1.51. The van der Waals surface area contributed by atoms with E-state index in [0.29, 0.717) is 5.69 Å². The van der Waals surface area contributed by atoms with E-state index in [2.05, 4.69) is 9.71 Å². The summed E-state index contributed by atoms with van der Waals surface area (Å²) in [5, 5.41) is 0. The maximum atomic E-state index is 10.2. The zero-order valence-corrected chi connectivity index (χ0v) is 9.13. The molecule has 0 amide bonds. The first-order valence-corrected chi connectivity index (χ1v) is 5.16. The second kappa shape index (κ2) is 7.28. The maximum absolute atomic E-state index is 10.2. The standard InChI is InChI=1S/C6H8N2O3S.C2H6.H2/c1-11-6-5(8-12(9)10)3-2-4-7-6;1-2;/h2-4,8H,1H3,(H,9,10);1-2H3;1H/p-1. The molecule has 14 heavy (non-hydrogen) atoms. The fraction of sp³-hybridized carbons (Fsp3) is 0.375. The minimum Gasteiger partial charge on any atom is -0.755 e. The van der Waals surface area contributed by atoms with E-state index in [0.717, 1.165) is 0 Å². The molecule has 1 rings (SSSR count). The van der Waals surface area contributed by atoms with Crippen LogP contribution >= 0.6 is 0 Å². The number of aromatic nitrogens is 1. The molecule has 0 radical (unpaired) electrons. The Balaban J connectivity index is 0. The average molecular weight is 219 g/mol. The molecule has 0 bridgehead atoms. The van der Waals surface area contributed by atoms with Gasteiger partial charge in [0.2, 0.25) is 5.88 Å². The predicted octanol–water partition coefficient (Wildman–Crippen LogP) is 1.57. The predicted molar refractivity (Wildman–Crippen MR) is 56.8 cm³/mol. The zero-order chi connectivity index (χ0) is 11.0. The third kappa shape index (κ3) is 4.20. The largest absolute Gasteiger partial charge is 0.755 e. The topological polar surface area (TPSA) is 74.3 Å². The first-order chi connectivity index (χ1) is 6.74. The Morgan fingerprint density at radius 2 is 2.29 bits per heavy atom. The quantitative estimate of drug-likeness (QED) is 0.783. The van der Waals surface area contributed by atoms with Crippen LogP contribution in [0.4, 0.5) is 5.69 Å². The molecule has 1 aromatic rings. The molecule has 0 aliphatic rings. The Morgan fingerprint density at radius 1 is 1.64 bits per heavy atom. The second-order valence-corrected chi connectivity index (χ2v) is 2.57. The summed E-state index contributed by atoms with van der Waals surface area (Å²) in [7, 11) is 1.42. The smallest absolute Gasteiger partial charge is 0.237 e. The van der Waals surface area contributed by atoms with Crippen molar-refractivity contribution in [2.24, 2.45) is 0 Å². The number of hydrogen-bond acceptors (Lipinski definition) is 4. The van der Waals surface area contributed by atoms with Crippen LogP contribution in [0.3, 0.4) is 0 Å². The van der Waals surface area contributed by atoms with Gasteiger partial charge in [-0.3, -0.25) is 4.21 Å². The van der Waals surface area contributed by atoms with E-state index >= 15 is 0 Å². The molecule has 1 heterocycles. The summed E-state index contributed by atoms with van der Waals surface area (Å²) in [5.74, 6) is 0.252. The molecule has 0 aromatic carbocycles. The number of pyridine rings is 1. The van der Waals surface area contributed by atoms with Gasteiger partial charge in [-0.1, -0.05) is 13.8 Å². The summed E-state index contributed by atoms with van der Waals surface area (Å²) in [6.45, 7) is 4.00. The van der Waals surface area contributed by atoms with Crippen LogP contribution in [0.15, 0.2) is 18.3 Å². The van der Waals surface area contributed by atoms with Crippen molar-refractivity contribution < 1.29 is 14.9 Å². The van der Waals surface area contributed by atoms with Crippen molar-refractivity contribution in [3.63, 3.8) is 0 Å². The minimum absolute atomic E-state index is 0. The molecule has 6 heteroatoms. The van der Waals surface area contributed by atoms with Crippen molar-refractivity contribution in [2.45, 2.75) is 13.8 Å². The van der Waals surface area contributed by atoms with Gasteiger partial charge in [-0.05, 0) is 12.1 Å². The van der Waals surface area contributed by atoms with Crippen molar-refractivity contribution in [2.75, 3.05) is 11.8 Å². The van der Waals surface area contributed by atoms with Gasteiger partial charge in [0.1, 0.15) is 5.69 Å². The molecular formula is C8H15N2O3S-. The number of methoxy groups -OCH3 is 1. The highest BCUT2D eigenvalue weighted by molar-refractivity contribution is 7.80. The third-order valence-electron chi connectivity index (χ3n) is 1.16. The van der Waals surface area contributed by atoms with Crippen molar-refractivity contribution >= 4 is 17.0 Å². The minimum atomic E-state index is -2.35. The molecule has 1 N–H and O–H groups in total. The summed E-state index contributed by atoms with van der Waals surface area (Å²) >= 11 is -2.35. The summed E-state index contributed by atoms with van der Waals surface area (Å²) in [5.41, 5.74) is 0.327. The zero-order valence-electron chi connectivity index (χ0n) is 8.31. The Labute approximate surface area is 87.4 Å². The number of nitrogens with one attached hydrogen (secondary N) is 1. The van der Waals surface area contributed by atoms with Gasteiger partial charge in [0.25, 0.3) is 0 Å². The highest BCUT2D eigenvalue weighted by atomic mass is 32.2. The number of ether oxygens (including phenoxy) is 1. The molecule has 1 atom stereocenters. The third-order valence-corrected chi connectivity index (χ3v) is 1.54. The van der Waals surface area contributed by atoms with E-state index < -0.39 is 11.3 Å². The Bertz CT molecular complexity index is 299. The van der Waals surface area contributed by atoms with Crippen LogP contribution in [0.5, 0.6) is 5.88 Å². The van der Waals surface area contributed by atoms with Crippen LogP contribution in [0.2, 0.25) is 0 Å². The van der Waals surface area contributed by atoms with Crippen molar-refractivity contribution in [1.29, 1.82) is 0 Å². The van der Waals surface area contributed by atoms with Gasteiger partial charge in [0.05, 0.1) is 7.11 Å². The van der Waals surface area contributed by atoms with E-state index in [1.807, 2.05) is 13.8 Å². The lowest BCUT2D eigenvalue weighted by Crippen LogP contribution is -2.04. The lowest BCUT2D eigenvalue weighted by Gasteiger charge is -2.10. The van der Waals surface area contributed by atoms with E-state index in [9.17, 15) is 8.76 Å². The highest BCUT2D eigenvalue weighted by Crippen LogP contribution is 2.19. The van der Waals surface area contributed by atoms with Gasteiger partial charge in [0, 0.05) is 18.9 Å². The molecule has 0 saturated heterocycles. The van der Waals surface area contributed by atoms with E-state index in [1.54, 1.807) is 12.1 Å². The Hall–Kier alpha value is -1.14. The van der Waals surface area contributed by atoms with E-state index in [4.69, 9.17) is 4.74 Å². The monoisotopic (exact) mass is 219 g/mol. The molecule has 0 aliphatic carbocycles. The first-order valence-electron chi connectivity index (χ1n) is 4.09. The first kappa shape index (κ1) is 12.9. The maximum Gasteiger partial charge on any atom is 0.237 e. The van der Waals surface area contributed by atoms with Gasteiger partial charge >= 0.3 is 0 Å². The number of hydrogen-bond donors (Lipinski definition) is 1. The van der Waals surface area contributed by atoms with Crippen molar-refractivity contribution in [3.05, 3.63) is 18.3 Å². The van der Waals surface area contributed by atoms with Crippen LogP contribution in [0.25, 0.3) is 0 Å². The molecule has 0 saturated carbocycles. The number of nitrogens with zero attached hydrogens (tertiary/aromatic N) is 1. The lowest BCUT2D eigenvalue weighted by molar-refractivity contribution is 0.400. The SMILES string of the molecule is CC.COc1ncccc1NS(=O)[O-].[HH]. The molecule has 0 spiro atoms. The molecule has 1 unspecified atom stereocenters. The van der Waals surface area contributed by atoms with Crippen LogP contribution in [-0.4, -0.2) is 20.9 Å². The second-order valence-electron chi connectivity index (χ2n) is 1.90. The molecule has 5 nitrogen and oxygen atoms in total. The van der Waals surface area contributed by atoms with E-state index in [-0.39, 0.29) is 7.31 Å². The Kier molecular flexibility index (Phi) is 6.69. The number of anilines is 1. The van der Waals surface area contributed by atoms with Gasteiger partial charge < -0.3 is 14.0 Å². The van der Waals surface area contributed by atoms with Gasteiger partial charge in [-0.2, -0.15) is 0 Å². The summed E-state index contributed by atoms with van der Waals surface area (Å²) in [6, 6.07) is 3.17. The van der Waals surface area contributed by atoms with E-state index in [1.165, 1.54) is 13.3 Å². The normalized spacial score (nSPS) is 10.9. The van der Waals surface area contributed by atoms with Crippen LogP contribution in [0.1, 0.15) is 15.3 Å². The molecule has 1 aromatic heterocycles. The Morgan fingerprint density at radius 3 is 2.79 bits per heavy atom. The van der Waals surface area contributed by atoms with Crippen molar-refractivity contribution in [1.82, 2.24) is 4.98 Å². The van der Waals surface area contributed by atoms with Gasteiger partial charge in [-0.15, -0.1) is 0 Å². The fourth-order valence-corrected chi connectivity index (χ4v) is 1.06. The fourth-order valence-electron chi connectivity index (χ4n) is 0.721. The van der Waals surface area contributed by atoms with Crippen LogP contribution < -0.4 is 9.46 Å². The highest BCUT2D eigenvalue weighted by Gasteiger charge is 2.00. The van der Waals surface area contributed by atoms with Crippen LogP contribution in [0, 0.1) is 0 Å². The summed E-state index contributed by atoms with van der Waals surface area (Å²) < 4.78 is 27.4. The average Bonchev–Trinajstić information content (AvgIpc) is 2.21. The van der Waals surface area contributed by atoms with Crippen LogP contribution in [-0.2, 0) is 11.3 Å².